The maximum Gasteiger partial charge on any atom is 0.141 e. The summed E-state index contributed by atoms with van der Waals surface area (Å²) >= 11 is 0. The molecular formula is C17H18FN3. The highest BCUT2D eigenvalue weighted by atomic mass is 19.1. The molecule has 1 aromatic heterocycles. The Hall–Kier alpha value is -2.36. The van der Waals surface area contributed by atoms with Gasteiger partial charge in [0.2, 0.25) is 0 Å². The number of hydrogen-bond acceptors (Lipinski definition) is 2. The molecule has 21 heavy (non-hydrogen) atoms. The van der Waals surface area contributed by atoms with Gasteiger partial charge in [0.1, 0.15) is 11.6 Å². The summed E-state index contributed by atoms with van der Waals surface area (Å²) < 4.78 is 15.6. The molecule has 0 amide bonds. The number of benzene rings is 2. The lowest BCUT2D eigenvalue weighted by atomic mass is 10.1. The van der Waals surface area contributed by atoms with Crippen LogP contribution in [0, 0.1) is 12.7 Å². The molecule has 108 valence electrons. The van der Waals surface area contributed by atoms with E-state index in [-0.39, 0.29) is 11.9 Å². The number of fused-ring (bicyclic) bond motifs is 1. The molecule has 3 rings (SSSR count). The second-order valence-electron chi connectivity index (χ2n) is 5.55. The zero-order valence-corrected chi connectivity index (χ0v) is 12.4. The molecule has 0 bridgehead atoms. The molecule has 0 aliphatic carbocycles. The molecular weight excluding hydrogens is 265 g/mol. The minimum atomic E-state index is -0.250. The van der Waals surface area contributed by atoms with E-state index >= 15 is 0 Å². The van der Waals surface area contributed by atoms with Gasteiger partial charge in [-0.05, 0) is 50.6 Å². The third-order valence-electron chi connectivity index (χ3n) is 3.78. The molecule has 0 saturated carbocycles. The molecule has 0 spiro atoms. The number of hydrogen-bond donors (Lipinski definition) is 1. The van der Waals surface area contributed by atoms with Crippen molar-refractivity contribution in [3.8, 4) is 11.4 Å². The largest absolute Gasteiger partial charge is 0.398 e. The normalized spacial score (nSPS) is 11.5. The maximum atomic E-state index is 13.6. The topological polar surface area (TPSA) is 43.8 Å². The minimum absolute atomic E-state index is 0.174. The predicted molar refractivity (Wildman–Crippen MR) is 84.7 cm³/mol. The SMILES string of the molecule is Cc1c(N)cccc1-c1nc2ccc(F)cc2n1C(C)C. The molecule has 0 aliphatic heterocycles. The first-order chi connectivity index (χ1) is 9.99. The fraction of sp³-hybridized carbons (Fsp3) is 0.235. The van der Waals surface area contributed by atoms with Gasteiger partial charge in [-0.25, -0.2) is 9.37 Å². The highest BCUT2D eigenvalue weighted by Gasteiger charge is 2.17. The number of anilines is 1. The lowest BCUT2D eigenvalue weighted by Crippen LogP contribution is -2.04. The van der Waals surface area contributed by atoms with Crippen LogP contribution in [0.1, 0.15) is 25.5 Å². The number of rotatable bonds is 2. The van der Waals surface area contributed by atoms with E-state index in [0.717, 1.165) is 33.7 Å². The lowest BCUT2D eigenvalue weighted by Gasteiger charge is -2.15. The smallest absolute Gasteiger partial charge is 0.141 e. The molecule has 0 atom stereocenters. The standard InChI is InChI=1S/C17H18FN3/c1-10(2)21-16-9-12(18)7-8-15(16)20-17(21)13-5-4-6-14(19)11(13)3/h4-10H,19H2,1-3H3. The van der Waals surface area contributed by atoms with Gasteiger partial charge in [0.05, 0.1) is 11.0 Å². The highest BCUT2D eigenvalue weighted by molar-refractivity contribution is 5.82. The van der Waals surface area contributed by atoms with Crippen molar-refractivity contribution in [1.82, 2.24) is 9.55 Å². The van der Waals surface area contributed by atoms with Crippen molar-refractivity contribution in [3.05, 3.63) is 47.8 Å². The van der Waals surface area contributed by atoms with Gasteiger partial charge in [-0.1, -0.05) is 12.1 Å². The van der Waals surface area contributed by atoms with Crippen LogP contribution in [0.4, 0.5) is 10.1 Å². The number of nitrogens with zero attached hydrogens (tertiary/aromatic N) is 2. The highest BCUT2D eigenvalue weighted by Crippen LogP contribution is 2.32. The number of nitrogens with two attached hydrogens (primary N) is 1. The van der Waals surface area contributed by atoms with Gasteiger partial charge in [0.15, 0.2) is 0 Å². The molecule has 0 fully saturated rings. The third-order valence-corrected chi connectivity index (χ3v) is 3.78. The van der Waals surface area contributed by atoms with Gasteiger partial charge < -0.3 is 10.3 Å². The molecule has 0 saturated heterocycles. The summed E-state index contributed by atoms with van der Waals surface area (Å²) in [6.07, 6.45) is 0. The van der Waals surface area contributed by atoms with Crippen LogP contribution in [0.2, 0.25) is 0 Å². The van der Waals surface area contributed by atoms with Crippen molar-refractivity contribution < 1.29 is 4.39 Å². The first-order valence-corrected chi connectivity index (χ1v) is 7.02. The van der Waals surface area contributed by atoms with E-state index in [2.05, 4.69) is 23.4 Å². The van der Waals surface area contributed by atoms with Crippen LogP contribution < -0.4 is 5.73 Å². The van der Waals surface area contributed by atoms with Gasteiger partial charge in [0.25, 0.3) is 0 Å². The summed E-state index contributed by atoms with van der Waals surface area (Å²) in [6.45, 7) is 6.11. The Morgan fingerprint density at radius 3 is 2.67 bits per heavy atom. The summed E-state index contributed by atoms with van der Waals surface area (Å²) in [5, 5.41) is 0. The van der Waals surface area contributed by atoms with Crippen LogP contribution in [0.15, 0.2) is 36.4 Å². The summed E-state index contributed by atoms with van der Waals surface area (Å²) in [7, 11) is 0. The van der Waals surface area contributed by atoms with Crippen LogP contribution in [0.25, 0.3) is 22.4 Å². The van der Waals surface area contributed by atoms with E-state index in [0.29, 0.717) is 0 Å². The van der Waals surface area contributed by atoms with Crippen molar-refractivity contribution in [2.45, 2.75) is 26.8 Å². The van der Waals surface area contributed by atoms with Gasteiger partial charge >= 0.3 is 0 Å². The van der Waals surface area contributed by atoms with E-state index in [1.165, 1.54) is 12.1 Å². The van der Waals surface area contributed by atoms with Crippen molar-refractivity contribution in [1.29, 1.82) is 0 Å². The van der Waals surface area contributed by atoms with Crippen LogP contribution in [0.5, 0.6) is 0 Å². The van der Waals surface area contributed by atoms with Crippen LogP contribution in [-0.2, 0) is 0 Å². The number of imidazole rings is 1. The van der Waals surface area contributed by atoms with E-state index in [4.69, 9.17) is 5.73 Å². The van der Waals surface area contributed by atoms with Crippen LogP contribution >= 0.6 is 0 Å². The first-order valence-electron chi connectivity index (χ1n) is 7.02. The predicted octanol–water partition coefficient (Wildman–Crippen LogP) is 4.31. The zero-order chi connectivity index (χ0) is 15.1. The van der Waals surface area contributed by atoms with E-state index in [9.17, 15) is 4.39 Å². The molecule has 1 heterocycles. The second kappa shape index (κ2) is 4.88. The second-order valence-corrected chi connectivity index (χ2v) is 5.55. The van der Waals surface area contributed by atoms with Crippen LogP contribution in [-0.4, -0.2) is 9.55 Å². The van der Waals surface area contributed by atoms with Gasteiger partial charge in [-0.15, -0.1) is 0 Å². The van der Waals surface area contributed by atoms with Crippen LogP contribution in [0.3, 0.4) is 0 Å². The quantitative estimate of drug-likeness (QED) is 0.712. The van der Waals surface area contributed by atoms with Crippen molar-refractivity contribution in [2.75, 3.05) is 5.73 Å². The molecule has 2 aromatic carbocycles. The minimum Gasteiger partial charge on any atom is -0.398 e. The summed E-state index contributed by atoms with van der Waals surface area (Å²) in [6, 6.07) is 10.7. The summed E-state index contributed by atoms with van der Waals surface area (Å²) in [4.78, 5) is 4.69. The Labute approximate surface area is 123 Å². The van der Waals surface area contributed by atoms with Crippen molar-refractivity contribution in [2.24, 2.45) is 0 Å². The van der Waals surface area contributed by atoms with Gasteiger partial charge in [0, 0.05) is 17.3 Å². The monoisotopic (exact) mass is 283 g/mol. The fourth-order valence-electron chi connectivity index (χ4n) is 2.67. The Morgan fingerprint density at radius 2 is 1.95 bits per heavy atom. The van der Waals surface area contributed by atoms with E-state index in [1.54, 1.807) is 6.07 Å². The lowest BCUT2D eigenvalue weighted by molar-refractivity contribution is 0.613. The Balaban J connectivity index is 2.37. The maximum absolute atomic E-state index is 13.6. The first kappa shape index (κ1) is 13.6. The van der Waals surface area contributed by atoms with Gasteiger partial charge in [-0.2, -0.15) is 0 Å². The summed E-state index contributed by atoms with van der Waals surface area (Å²) in [5.74, 6) is 0.579. The van der Waals surface area contributed by atoms with E-state index < -0.39 is 0 Å². The average Bonchev–Trinajstić information content (AvgIpc) is 2.80. The molecule has 0 radical (unpaired) electrons. The molecule has 4 heteroatoms. The zero-order valence-electron chi connectivity index (χ0n) is 12.4. The molecule has 3 nitrogen and oxygen atoms in total. The van der Waals surface area contributed by atoms with Crippen molar-refractivity contribution >= 4 is 16.7 Å². The van der Waals surface area contributed by atoms with Gasteiger partial charge in [-0.3, -0.25) is 0 Å². The Morgan fingerprint density at radius 1 is 1.19 bits per heavy atom. The van der Waals surface area contributed by atoms with Crippen molar-refractivity contribution in [3.63, 3.8) is 0 Å². The number of aromatic nitrogens is 2. The number of nitrogen functional groups attached to an aromatic ring is 1. The third kappa shape index (κ3) is 2.17. The Kier molecular flexibility index (Phi) is 3.16. The average molecular weight is 283 g/mol. The Bertz CT molecular complexity index is 818. The molecule has 0 aliphatic rings. The molecule has 2 N–H and O–H groups in total. The molecule has 0 unspecified atom stereocenters. The fourth-order valence-corrected chi connectivity index (χ4v) is 2.67. The molecule has 3 aromatic rings. The van der Waals surface area contributed by atoms with E-state index in [1.807, 2.05) is 25.1 Å². The summed E-state index contributed by atoms with van der Waals surface area (Å²) in [5.41, 5.74) is 10.3. The number of halogens is 1.